The van der Waals surface area contributed by atoms with Gasteiger partial charge < -0.3 is 10.2 Å². The van der Waals surface area contributed by atoms with Crippen LogP contribution in [0.5, 0.6) is 0 Å². The lowest BCUT2D eigenvalue weighted by Gasteiger charge is -2.25. The summed E-state index contributed by atoms with van der Waals surface area (Å²) in [6, 6.07) is 14.0. The van der Waals surface area contributed by atoms with Crippen LogP contribution < -0.4 is 5.32 Å². The van der Waals surface area contributed by atoms with Gasteiger partial charge in [0, 0.05) is 30.5 Å². The third-order valence-corrected chi connectivity index (χ3v) is 5.97. The molecule has 0 aliphatic heterocycles. The molecule has 0 aliphatic carbocycles. The highest BCUT2D eigenvalue weighted by atomic mass is 35.5. The Kier molecular flexibility index (Phi) is 8.11. The molecule has 1 aromatic heterocycles. The Morgan fingerprint density at radius 2 is 1.77 bits per heavy atom. The third kappa shape index (κ3) is 6.98. The molecule has 1 N–H and O–H groups in total. The second kappa shape index (κ2) is 10.7. The Labute approximate surface area is 209 Å². The van der Waals surface area contributed by atoms with Crippen molar-refractivity contribution in [1.29, 1.82) is 0 Å². The highest BCUT2D eigenvalue weighted by molar-refractivity contribution is 6.31. The summed E-state index contributed by atoms with van der Waals surface area (Å²) >= 11 is 6.16. The van der Waals surface area contributed by atoms with Crippen molar-refractivity contribution >= 4 is 23.2 Å². The normalized spacial score (nSPS) is 11.9. The summed E-state index contributed by atoms with van der Waals surface area (Å²) in [7, 11) is 1.71. The van der Waals surface area contributed by atoms with Crippen LogP contribution in [0.1, 0.15) is 53.5 Å². The Balaban J connectivity index is 1.90. The summed E-state index contributed by atoms with van der Waals surface area (Å²) in [5.41, 5.74) is 2.47. The number of nitrogens with one attached hydrogen (secondary N) is 1. The molecule has 0 spiro atoms. The minimum absolute atomic E-state index is 0.0625. The predicted molar refractivity (Wildman–Crippen MR) is 134 cm³/mol. The van der Waals surface area contributed by atoms with Crippen LogP contribution in [0.25, 0.3) is 0 Å². The van der Waals surface area contributed by atoms with Crippen LogP contribution in [0.4, 0.5) is 18.9 Å². The van der Waals surface area contributed by atoms with Gasteiger partial charge in [0.15, 0.2) is 0 Å². The van der Waals surface area contributed by atoms with Gasteiger partial charge in [0.2, 0.25) is 0 Å². The molecule has 35 heavy (non-hydrogen) atoms. The Bertz CT molecular complexity index is 1170. The van der Waals surface area contributed by atoms with Crippen molar-refractivity contribution in [2.75, 3.05) is 18.9 Å². The summed E-state index contributed by atoms with van der Waals surface area (Å²) in [6.07, 6.45) is -2.37. The zero-order valence-corrected chi connectivity index (χ0v) is 21.0. The molecule has 1 heterocycles. The molecule has 8 heteroatoms. The molecule has 0 atom stereocenters. The van der Waals surface area contributed by atoms with Crippen molar-refractivity contribution in [3.05, 3.63) is 93.8 Å². The van der Waals surface area contributed by atoms with Gasteiger partial charge in [-0.3, -0.25) is 9.78 Å². The van der Waals surface area contributed by atoms with Crippen molar-refractivity contribution in [2.24, 2.45) is 0 Å². The van der Waals surface area contributed by atoms with Gasteiger partial charge in [-0.25, -0.2) is 0 Å². The Hall–Kier alpha value is -3.06. The first kappa shape index (κ1) is 26.5. The number of alkyl halides is 3. The molecule has 0 fully saturated rings. The molecule has 0 radical (unpaired) electrons. The summed E-state index contributed by atoms with van der Waals surface area (Å²) in [6.45, 7) is 6.68. The number of halogens is 4. The molecule has 2 aromatic carbocycles. The van der Waals surface area contributed by atoms with Crippen molar-refractivity contribution in [3.8, 4) is 0 Å². The van der Waals surface area contributed by atoms with Gasteiger partial charge in [0.1, 0.15) is 0 Å². The fourth-order valence-corrected chi connectivity index (χ4v) is 3.83. The Morgan fingerprint density at radius 1 is 1.03 bits per heavy atom. The number of hydrogen-bond donors (Lipinski definition) is 1. The molecule has 0 saturated carbocycles. The van der Waals surface area contributed by atoms with E-state index >= 15 is 0 Å². The Morgan fingerprint density at radius 3 is 2.37 bits per heavy atom. The quantitative estimate of drug-likeness (QED) is 0.378. The molecule has 1 amide bonds. The van der Waals surface area contributed by atoms with E-state index in [1.165, 1.54) is 6.07 Å². The number of benzene rings is 2. The lowest BCUT2D eigenvalue weighted by molar-refractivity contribution is -0.137. The van der Waals surface area contributed by atoms with Crippen LogP contribution in [0.3, 0.4) is 0 Å². The molecule has 0 bridgehead atoms. The maximum atomic E-state index is 13.6. The van der Waals surface area contributed by atoms with Crippen LogP contribution in [-0.4, -0.2) is 29.4 Å². The van der Waals surface area contributed by atoms with E-state index in [1.54, 1.807) is 42.4 Å². The minimum Gasteiger partial charge on any atom is -0.387 e. The highest BCUT2D eigenvalue weighted by Crippen LogP contribution is 2.30. The number of nitrogens with zero attached hydrogens (tertiary/aromatic N) is 2. The summed E-state index contributed by atoms with van der Waals surface area (Å²) in [5, 5.41) is 3.41. The van der Waals surface area contributed by atoms with Crippen molar-refractivity contribution < 1.29 is 18.0 Å². The minimum atomic E-state index is -4.42. The fourth-order valence-electron chi connectivity index (χ4n) is 3.66. The number of amides is 1. The molecule has 0 aliphatic rings. The van der Waals surface area contributed by atoms with E-state index in [9.17, 15) is 18.0 Å². The van der Waals surface area contributed by atoms with Gasteiger partial charge in [-0.1, -0.05) is 56.6 Å². The van der Waals surface area contributed by atoms with Crippen LogP contribution in [0.2, 0.25) is 5.02 Å². The predicted octanol–water partition coefficient (Wildman–Crippen LogP) is 6.98. The molecule has 4 nitrogen and oxygen atoms in total. The van der Waals surface area contributed by atoms with Crippen LogP contribution in [0, 0.1) is 0 Å². The van der Waals surface area contributed by atoms with E-state index in [4.69, 9.17) is 11.6 Å². The molecule has 3 aromatic rings. The number of carbonyl (C=O) groups excluding carboxylic acids is 1. The van der Waals surface area contributed by atoms with E-state index in [0.717, 1.165) is 17.7 Å². The van der Waals surface area contributed by atoms with Crippen molar-refractivity contribution in [1.82, 2.24) is 9.88 Å². The molecule has 3 rings (SSSR count). The third-order valence-electron chi connectivity index (χ3n) is 5.74. The molecular weight excluding hydrogens is 475 g/mol. The first-order chi connectivity index (χ1) is 16.4. The second-order valence-corrected chi connectivity index (χ2v) is 9.84. The van der Waals surface area contributed by atoms with Crippen LogP contribution >= 0.6 is 11.6 Å². The highest BCUT2D eigenvalue weighted by Gasteiger charge is 2.30. The van der Waals surface area contributed by atoms with Crippen LogP contribution in [0.15, 0.2) is 60.8 Å². The van der Waals surface area contributed by atoms with E-state index in [2.05, 4.69) is 31.1 Å². The number of carbonyl (C=O) groups is 1. The monoisotopic (exact) mass is 503 g/mol. The number of anilines is 1. The van der Waals surface area contributed by atoms with Gasteiger partial charge in [-0.05, 0) is 53.3 Å². The molecule has 186 valence electrons. The van der Waals surface area contributed by atoms with Gasteiger partial charge in [0.25, 0.3) is 5.91 Å². The first-order valence-corrected chi connectivity index (χ1v) is 11.6. The van der Waals surface area contributed by atoms with E-state index in [0.29, 0.717) is 27.5 Å². The van der Waals surface area contributed by atoms with E-state index in [1.807, 2.05) is 12.1 Å². The van der Waals surface area contributed by atoms with Gasteiger partial charge >= 0.3 is 6.18 Å². The molecule has 0 saturated heterocycles. The zero-order valence-electron chi connectivity index (χ0n) is 20.2. The lowest BCUT2D eigenvalue weighted by Crippen LogP contribution is -2.33. The first-order valence-electron chi connectivity index (χ1n) is 11.3. The second-order valence-electron chi connectivity index (χ2n) is 9.40. The largest absolute Gasteiger partial charge is 0.416 e. The topological polar surface area (TPSA) is 45.2 Å². The maximum Gasteiger partial charge on any atom is 0.416 e. The summed E-state index contributed by atoms with van der Waals surface area (Å²) in [5.74, 6) is -0.287. The smallest absolute Gasteiger partial charge is 0.387 e. The number of rotatable bonds is 7. The standard InChI is InChI=1S/C27H29ClF3N3O/c1-26(2,3)20-8-10-22(33-16-20)17-34(25(35)23-15-21(28)9-11-24(23)32-4)13-12-18-6-5-7-19(14-18)27(29,30)31/h5-11,14-16,32H,12-13,17H2,1-4H3. The number of aromatic nitrogens is 1. The van der Waals surface area contributed by atoms with E-state index in [-0.39, 0.29) is 30.8 Å². The molecular formula is C27H29ClF3N3O. The van der Waals surface area contributed by atoms with Crippen molar-refractivity contribution in [2.45, 2.75) is 45.3 Å². The summed E-state index contributed by atoms with van der Waals surface area (Å²) in [4.78, 5) is 19.7. The van der Waals surface area contributed by atoms with Gasteiger partial charge in [-0.15, -0.1) is 0 Å². The fraction of sp³-hybridized carbons (Fsp3) is 0.333. The van der Waals surface area contributed by atoms with E-state index < -0.39 is 11.7 Å². The number of pyridine rings is 1. The van der Waals surface area contributed by atoms with Crippen molar-refractivity contribution in [3.63, 3.8) is 0 Å². The zero-order chi connectivity index (χ0) is 25.8. The van der Waals surface area contributed by atoms with Gasteiger partial charge in [0.05, 0.1) is 23.4 Å². The average Bonchev–Trinajstić information content (AvgIpc) is 2.80. The average molecular weight is 504 g/mol. The van der Waals surface area contributed by atoms with Crippen LogP contribution in [-0.2, 0) is 24.6 Å². The van der Waals surface area contributed by atoms with Gasteiger partial charge in [-0.2, -0.15) is 13.2 Å². The lowest BCUT2D eigenvalue weighted by atomic mass is 9.88. The SMILES string of the molecule is CNc1ccc(Cl)cc1C(=O)N(CCc1cccc(C(F)(F)F)c1)Cc1ccc(C(C)(C)C)cn1. The number of hydrogen-bond acceptors (Lipinski definition) is 3. The molecule has 0 unspecified atom stereocenters. The maximum absolute atomic E-state index is 13.6. The summed E-state index contributed by atoms with van der Waals surface area (Å²) < 4.78 is 39.4.